The summed E-state index contributed by atoms with van der Waals surface area (Å²) in [6.45, 7) is 0. The van der Waals surface area contributed by atoms with Crippen LogP contribution in [0.1, 0.15) is 5.56 Å². The predicted molar refractivity (Wildman–Crippen MR) is 108 cm³/mol. The SMILES string of the molecule is C(=N\Nc1ccc2nn(-c3ccccc3)nc2c1)/c1c[nH]c2ccccc12. The fraction of sp³-hybridized carbons (Fsp3) is 0. The monoisotopic (exact) mass is 352 g/mol. The lowest BCUT2D eigenvalue weighted by atomic mass is 10.2. The zero-order valence-electron chi connectivity index (χ0n) is 14.4. The molecule has 0 saturated carbocycles. The van der Waals surface area contributed by atoms with Gasteiger partial charge in [0.25, 0.3) is 0 Å². The zero-order chi connectivity index (χ0) is 18.1. The van der Waals surface area contributed by atoms with Crippen molar-refractivity contribution in [2.45, 2.75) is 0 Å². The topological polar surface area (TPSA) is 70.9 Å². The van der Waals surface area contributed by atoms with Crippen LogP contribution >= 0.6 is 0 Å². The summed E-state index contributed by atoms with van der Waals surface area (Å²) in [5.41, 5.74) is 8.64. The molecule has 2 aromatic heterocycles. The van der Waals surface area contributed by atoms with Crippen molar-refractivity contribution >= 4 is 33.8 Å². The number of aromatic nitrogens is 4. The molecule has 5 aromatic rings. The fourth-order valence-corrected chi connectivity index (χ4v) is 3.04. The average Bonchev–Trinajstić information content (AvgIpc) is 3.33. The number of benzene rings is 3. The van der Waals surface area contributed by atoms with Crippen LogP contribution in [-0.4, -0.2) is 26.2 Å². The number of H-pyrrole nitrogens is 1. The lowest BCUT2D eigenvalue weighted by Gasteiger charge is -1.98. The summed E-state index contributed by atoms with van der Waals surface area (Å²) in [4.78, 5) is 4.88. The number of hydrogen-bond acceptors (Lipinski definition) is 4. The molecule has 0 aliphatic rings. The summed E-state index contributed by atoms with van der Waals surface area (Å²) in [7, 11) is 0. The Morgan fingerprint density at radius 1 is 0.889 bits per heavy atom. The second-order valence-corrected chi connectivity index (χ2v) is 6.19. The van der Waals surface area contributed by atoms with Crippen molar-refractivity contribution in [1.82, 2.24) is 20.0 Å². The van der Waals surface area contributed by atoms with Gasteiger partial charge in [-0.3, -0.25) is 5.43 Å². The van der Waals surface area contributed by atoms with E-state index >= 15 is 0 Å². The summed E-state index contributed by atoms with van der Waals surface area (Å²) in [6.07, 6.45) is 3.76. The van der Waals surface area contributed by atoms with E-state index in [9.17, 15) is 0 Å². The Bertz CT molecular complexity index is 1250. The van der Waals surface area contributed by atoms with Crippen LogP contribution in [0.5, 0.6) is 0 Å². The molecule has 0 bridgehead atoms. The maximum absolute atomic E-state index is 4.55. The smallest absolute Gasteiger partial charge is 0.115 e. The molecule has 2 heterocycles. The first-order chi connectivity index (χ1) is 13.4. The maximum Gasteiger partial charge on any atom is 0.115 e. The summed E-state index contributed by atoms with van der Waals surface area (Å²) < 4.78 is 0. The van der Waals surface area contributed by atoms with Gasteiger partial charge in [-0.25, -0.2) is 0 Å². The van der Waals surface area contributed by atoms with Gasteiger partial charge < -0.3 is 4.98 Å². The summed E-state index contributed by atoms with van der Waals surface area (Å²) >= 11 is 0. The first-order valence-corrected chi connectivity index (χ1v) is 8.64. The number of rotatable bonds is 4. The van der Waals surface area contributed by atoms with Gasteiger partial charge in [0.2, 0.25) is 0 Å². The van der Waals surface area contributed by atoms with E-state index in [2.05, 4.69) is 31.8 Å². The summed E-state index contributed by atoms with van der Waals surface area (Å²) in [6, 6.07) is 23.8. The van der Waals surface area contributed by atoms with Gasteiger partial charge >= 0.3 is 0 Å². The third kappa shape index (κ3) is 2.93. The third-order valence-corrected chi connectivity index (χ3v) is 4.39. The minimum atomic E-state index is 0.811. The first kappa shape index (κ1) is 15.3. The Hall–Kier alpha value is -3.93. The quantitative estimate of drug-likeness (QED) is 0.373. The van der Waals surface area contributed by atoms with E-state index in [0.29, 0.717) is 0 Å². The van der Waals surface area contributed by atoms with Gasteiger partial charge in [0.05, 0.1) is 17.6 Å². The van der Waals surface area contributed by atoms with Crippen molar-refractivity contribution in [3.8, 4) is 5.69 Å². The third-order valence-electron chi connectivity index (χ3n) is 4.39. The molecular formula is C21H16N6. The van der Waals surface area contributed by atoms with Gasteiger partial charge in [0.1, 0.15) is 11.0 Å². The van der Waals surface area contributed by atoms with Crippen LogP contribution in [0.2, 0.25) is 0 Å². The molecule has 0 saturated heterocycles. The molecule has 0 spiro atoms. The van der Waals surface area contributed by atoms with Gasteiger partial charge in [-0.2, -0.15) is 9.90 Å². The normalized spacial score (nSPS) is 11.6. The van der Waals surface area contributed by atoms with Gasteiger partial charge in [0.15, 0.2) is 0 Å². The standard InChI is InChI=1S/C21H16N6/c1-2-6-17(7-3-1)27-25-20-11-10-16(12-21(20)26-27)24-23-14-15-13-22-19-9-5-4-8-18(15)19/h1-14,22,24H/b23-14+. The molecule has 0 aliphatic carbocycles. The number of aromatic amines is 1. The van der Waals surface area contributed by atoms with Crippen LogP contribution in [-0.2, 0) is 0 Å². The number of fused-ring (bicyclic) bond motifs is 2. The van der Waals surface area contributed by atoms with Gasteiger partial charge in [0, 0.05) is 22.7 Å². The van der Waals surface area contributed by atoms with Crippen LogP contribution in [0.4, 0.5) is 5.69 Å². The number of anilines is 1. The van der Waals surface area contributed by atoms with E-state index in [1.165, 1.54) is 0 Å². The highest BCUT2D eigenvalue weighted by Gasteiger charge is 2.05. The van der Waals surface area contributed by atoms with E-state index < -0.39 is 0 Å². The molecule has 3 aromatic carbocycles. The number of hydrazone groups is 1. The van der Waals surface area contributed by atoms with Crippen LogP contribution in [0.15, 0.2) is 84.1 Å². The van der Waals surface area contributed by atoms with E-state index in [-0.39, 0.29) is 0 Å². The van der Waals surface area contributed by atoms with Crippen molar-refractivity contribution in [1.29, 1.82) is 0 Å². The van der Waals surface area contributed by atoms with Gasteiger partial charge in [-0.1, -0.05) is 36.4 Å². The Labute approximate surface area is 155 Å². The number of para-hydroxylation sites is 2. The molecule has 130 valence electrons. The van der Waals surface area contributed by atoms with E-state index in [1.54, 1.807) is 4.80 Å². The average molecular weight is 352 g/mol. The van der Waals surface area contributed by atoms with Crippen molar-refractivity contribution in [3.05, 3.63) is 84.6 Å². The number of nitrogens with one attached hydrogen (secondary N) is 2. The molecule has 2 N–H and O–H groups in total. The van der Waals surface area contributed by atoms with Crippen LogP contribution < -0.4 is 5.43 Å². The van der Waals surface area contributed by atoms with E-state index in [0.717, 1.165) is 38.9 Å². The van der Waals surface area contributed by atoms with Gasteiger partial charge in [-0.15, -0.1) is 10.2 Å². The molecule has 6 nitrogen and oxygen atoms in total. The fourth-order valence-electron chi connectivity index (χ4n) is 3.04. The minimum absolute atomic E-state index is 0.811. The molecular weight excluding hydrogens is 336 g/mol. The maximum atomic E-state index is 4.55. The molecule has 0 amide bonds. The highest BCUT2D eigenvalue weighted by Crippen LogP contribution is 2.18. The van der Waals surface area contributed by atoms with Crippen molar-refractivity contribution in [2.24, 2.45) is 5.10 Å². The Kier molecular flexibility index (Phi) is 3.65. The molecule has 0 atom stereocenters. The second-order valence-electron chi connectivity index (χ2n) is 6.19. The lowest BCUT2D eigenvalue weighted by molar-refractivity contribution is 0.766. The summed E-state index contributed by atoms with van der Waals surface area (Å²) in [5.74, 6) is 0. The number of nitrogens with zero attached hydrogens (tertiary/aromatic N) is 4. The molecule has 5 rings (SSSR count). The van der Waals surface area contributed by atoms with Crippen molar-refractivity contribution in [3.63, 3.8) is 0 Å². The van der Waals surface area contributed by atoms with Crippen molar-refractivity contribution < 1.29 is 0 Å². The molecule has 0 unspecified atom stereocenters. The lowest BCUT2D eigenvalue weighted by Crippen LogP contribution is -1.97. The molecule has 0 radical (unpaired) electrons. The van der Waals surface area contributed by atoms with Crippen LogP contribution in [0.3, 0.4) is 0 Å². The first-order valence-electron chi connectivity index (χ1n) is 8.64. The Balaban J connectivity index is 1.39. The number of hydrogen-bond donors (Lipinski definition) is 2. The summed E-state index contributed by atoms with van der Waals surface area (Å²) in [5, 5.41) is 14.6. The predicted octanol–water partition coefficient (Wildman–Crippen LogP) is 4.35. The molecule has 0 aliphatic heterocycles. The van der Waals surface area contributed by atoms with Crippen LogP contribution in [0, 0.1) is 0 Å². The van der Waals surface area contributed by atoms with Crippen LogP contribution in [0.25, 0.3) is 27.6 Å². The molecule has 6 heteroatoms. The van der Waals surface area contributed by atoms with E-state index in [4.69, 9.17) is 0 Å². The highest BCUT2D eigenvalue weighted by atomic mass is 15.5. The van der Waals surface area contributed by atoms with Crippen molar-refractivity contribution in [2.75, 3.05) is 5.43 Å². The highest BCUT2D eigenvalue weighted by molar-refractivity contribution is 5.99. The largest absolute Gasteiger partial charge is 0.361 e. The zero-order valence-corrected chi connectivity index (χ0v) is 14.4. The Morgan fingerprint density at radius 2 is 1.70 bits per heavy atom. The minimum Gasteiger partial charge on any atom is -0.361 e. The Morgan fingerprint density at radius 3 is 2.63 bits per heavy atom. The van der Waals surface area contributed by atoms with E-state index in [1.807, 2.05) is 79.1 Å². The molecule has 0 fully saturated rings. The van der Waals surface area contributed by atoms with Gasteiger partial charge in [-0.05, 0) is 36.4 Å². The second kappa shape index (κ2) is 6.42. The molecule has 27 heavy (non-hydrogen) atoms.